The highest BCUT2D eigenvalue weighted by Crippen LogP contribution is 2.28. The first-order valence-electron chi connectivity index (χ1n) is 5.96. The molecule has 0 spiro atoms. The zero-order valence-electron chi connectivity index (χ0n) is 10.6. The van der Waals surface area contributed by atoms with Gasteiger partial charge >= 0.3 is 0 Å². The molecule has 2 aromatic heterocycles. The maximum atomic E-state index is 6.17. The molecule has 20 heavy (non-hydrogen) atoms. The third-order valence-corrected chi connectivity index (χ3v) is 4.57. The van der Waals surface area contributed by atoms with Crippen molar-refractivity contribution in [3.05, 3.63) is 51.3 Å². The Kier molecular flexibility index (Phi) is 3.71. The van der Waals surface area contributed by atoms with E-state index in [-0.39, 0.29) is 0 Å². The molecular weight excluding hydrogens is 361 g/mol. The number of hydrogen-bond donors (Lipinski definition) is 0. The largest absolute Gasteiger partial charge is 0.280 e. The standard InChI is InChI=1S/C14H10BrCl2N3/c1-8-4-5-18-14-13(8)19-12(7-16)20(14)9-2-3-10(15)11(17)6-9/h2-6H,7H2,1H3. The highest BCUT2D eigenvalue weighted by molar-refractivity contribution is 9.10. The van der Waals surface area contributed by atoms with Gasteiger partial charge in [0.25, 0.3) is 0 Å². The summed E-state index contributed by atoms with van der Waals surface area (Å²) in [5, 5.41) is 0.637. The second-order valence-corrected chi connectivity index (χ2v) is 5.92. The summed E-state index contributed by atoms with van der Waals surface area (Å²) in [6.07, 6.45) is 1.77. The molecule has 0 aliphatic heterocycles. The van der Waals surface area contributed by atoms with Crippen LogP contribution in [0.2, 0.25) is 5.02 Å². The van der Waals surface area contributed by atoms with Crippen LogP contribution >= 0.6 is 39.1 Å². The lowest BCUT2D eigenvalue weighted by atomic mass is 10.2. The maximum Gasteiger partial charge on any atom is 0.164 e. The van der Waals surface area contributed by atoms with Crippen molar-refractivity contribution in [3.63, 3.8) is 0 Å². The second-order valence-electron chi connectivity index (χ2n) is 4.40. The van der Waals surface area contributed by atoms with Crippen molar-refractivity contribution >= 4 is 50.3 Å². The third kappa shape index (κ3) is 2.22. The fourth-order valence-electron chi connectivity index (χ4n) is 2.12. The van der Waals surface area contributed by atoms with E-state index in [1.165, 1.54) is 0 Å². The summed E-state index contributed by atoms with van der Waals surface area (Å²) in [5.74, 6) is 1.06. The minimum atomic E-state index is 0.309. The van der Waals surface area contributed by atoms with E-state index in [0.717, 1.165) is 32.7 Å². The Labute approximate surface area is 134 Å². The molecule has 0 fully saturated rings. The van der Waals surface area contributed by atoms with Crippen LogP contribution in [-0.4, -0.2) is 14.5 Å². The van der Waals surface area contributed by atoms with Gasteiger partial charge in [-0.15, -0.1) is 11.6 Å². The molecule has 0 aliphatic carbocycles. The quantitative estimate of drug-likeness (QED) is 0.601. The van der Waals surface area contributed by atoms with Crippen LogP contribution in [0.25, 0.3) is 16.9 Å². The van der Waals surface area contributed by atoms with Gasteiger partial charge in [0.2, 0.25) is 0 Å². The highest BCUT2D eigenvalue weighted by Gasteiger charge is 2.14. The molecule has 6 heteroatoms. The van der Waals surface area contributed by atoms with Crippen LogP contribution in [0, 0.1) is 6.92 Å². The smallest absolute Gasteiger partial charge is 0.164 e. The lowest BCUT2D eigenvalue weighted by molar-refractivity contribution is 0.969. The second kappa shape index (κ2) is 5.35. The van der Waals surface area contributed by atoms with Crippen molar-refractivity contribution in [2.75, 3.05) is 0 Å². The van der Waals surface area contributed by atoms with Crippen LogP contribution in [0.3, 0.4) is 0 Å². The fourth-order valence-corrected chi connectivity index (χ4v) is 2.72. The van der Waals surface area contributed by atoms with Crippen LogP contribution < -0.4 is 0 Å². The molecule has 2 heterocycles. The number of aryl methyl sites for hydroxylation is 1. The summed E-state index contributed by atoms with van der Waals surface area (Å²) in [6, 6.07) is 7.66. The van der Waals surface area contributed by atoms with E-state index in [4.69, 9.17) is 23.2 Å². The number of nitrogens with zero attached hydrogens (tertiary/aromatic N) is 3. The highest BCUT2D eigenvalue weighted by atomic mass is 79.9. The summed E-state index contributed by atoms with van der Waals surface area (Å²) >= 11 is 15.6. The Morgan fingerprint density at radius 1 is 1.30 bits per heavy atom. The molecule has 3 rings (SSSR count). The first-order valence-corrected chi connectivity index (χ1v) is 7.66. The first kappa shape index (κ1) is 13.9. The molecule has 0 bridgehead atoms. The molecular formula is C14H10BrCl2N3. The molecule has 102 valence electrons. The first-order chi connectivity index (χ1) is 9.61. The summed E-state index contributed by atoms with van der Waals surface area (Å²) in [6.45, 7) is 2.01. The van der Waals surface area contributed by atoms with Crippen LogP contribution in [0.5, 0.6) is 0 Å². The number of aromatic nitrogens is 3. The van der Waals surface area contributed by atoms with Crippen molar-refractivity contribution in [2.24, 2.45) is 0 Å². The van der Waals surface area contributed by atoms with Crippen molar-refractivity contribution in [1.82, 2.24) is 14.5 Å². The normalized spacial score (nSPS) is 11.2. The predicted molar refractivity (Wildman–Crippen MR) is 85.9 cm³/mol. The average molecular weight is 371 g/mol. The molecule has 0 saturated carbocycles. The van der Waals surface area contributed by atoms with Gasteiger partial charge in [-0.2, -0.15) is 0 Å². The van der Waals surface area contributed by atoms with Gasteiger partial charge in [-0.1, -0.05) is 11.6 Å². The van der Waals surface area contributed by atoms with E-state index in [2.05, 4.69) is 25.9 Å². The van der Waals surface area contributed by atoms with Gasteiger partial charge in [0.15, 0.2) is 5.65 Å². The van der Waals surface area contributed by atoms with Gasteiger partial charge < -0.3 is 0 Å². The molecule has 3 nitrogen and oxygen atoms in total. The van der Waals surface area contributed by atoms with Crippen molar-refractivity contribution < 1.29 is 0 Å². The van der Waals surface area contributed by atoms with Crippen LogP contribution in [0.1, 0.15) is 11.4 Å². The molecule has 0 unspecified atom stereocenters. The zero-order chi connectivity index (χ0) is 14.3. The monoisotopic (exact) mass is 369 g/mol. The van der Waals surface area contributed by atoms with Gasteiger partial charge in [-0.25, -0.2) is 9.97 Å². The number of pyridine rings is 1. The summed E-state index contributed by atoms with van der Waals surface area (Å²) in [7, 11) is 0. The molecule has 1 aromatic carbocycles. The minimum absolute atomic E-state index is 0.309. The number of alkyl halides is 1. The Balaban J connectivity index is 2.34. The van der Waals surface area contributed by atoms with E-state index in [1.807, 2.05) is 35.8 Å². The summed E-state index contributed by atoms with van der Waals surface area (Å²) < 4.78 is 2.79. The van der Waals surface area contributed by atoms with Crippen molar-refractivity contribution in [3.8, 4) is 5.69 Å². The number of rotatable bonds is 2. The maximum absolute atomic E-state index is 6.17. The van der Waals surface area contributed by atoms with Crippen LogP contribution in [-0.2, 0) is 5.88 Å². The van der Waals surface area contributed by atoms with E-state index in [0.29, 0.717) is 10.9 Å². The Morgan fingerprint density at radius 2 is 2.10 bits per heavy atom. The van der Waals surface area contributed by atoms with Gasteiger partial charge in [-0.3, -0.25) is 4.57 Å². The van der Waals surface area contributed by atoms with Gasteiger partial charge in [0.1, 0.15) is 11.3 Å². The summed E-state index contributed by atoms with van der Waals surface area (Å²) in [4.78, 5) is 9.00. The Bertz CT molecular complexity index is 798. The molecule has 0 amide bonds. The fraction of sp³-hybridized carbons (Fsp3) is 0.143. The summed E-state index contributed by atoms with van der Waals surface area (Å²) in [5.41, 5.74) is 3.62. The lowest BCUT2D eigenvalue weighted by Crippen LogP contribution is -2.00. The number of halogens is 3. The van der Waals surface area contributed by atoms with E-state index >= 15 is 0 Å². The molecule has 0 aliphatic rings. The van der Waals surface area contributed by atoms with Gasteiger partial charge in [0, 0.05) is 10.7 Å². The topological polar surface area (TPSA) is 30.7 Å². The molecule has 0 saturated heterocycles. The van der Waals surface area contributed by atoms with Gasteiger partial charge in [-0.05, 0) is 52.7 Å². The van der Waals surface area contributed by atoms with E-state index < -0.39 is 0 Å². The van der Waals surface area contributed by atoms with Gasteiger partial charge in [0.05, 0.1) is 16.6 Å². The third-order valence-electron chi connectivity index (χ3n) is 3.10. The lowest BCUT2D eigenvalue weighted by Gasteiger charge is -2.08. The number of benzene rings is 1. The van der Waals surface area contributed by atoms with E-state index in [9.17, 15) is 0 Å². The molecule has 0 radical (unpaired) electrons. The van der Waals surface area contributed by atoms with Crippen LogP contribution in [0.15, 0.2) is 34.9 Å². The zero-order valence-corrected chi connectivity index (χ0v) is 13.7. The van der Waals surface area contributed by atoms with Crippen molar-refractivity contribution in [2.45, 2.75) is 12.8 Å². The average Bonchev–Trinajstić information content (AvgIpc) is 2.82. The molecule has 0 atom stereocenters. The minimum Gasteiger partial charge on any atom is -0.280 e. The van der Waals surface area contributed by atoms with E-state index in [1.54, 1.807) is 6.20 Å². The molecule has 3 aromatic rings. The number of fused-ring (bicyclic) bond motifs is 1. The number of imidazole rings is 1. The predicted octanol–water partition coefficient (Wildman–Crippen LogP) is 4.88. The van der Waals surface area contributed by atoms with Crippen molar-refractivity contribution in [1.29, 1.82) is 0 Å². The van der Waals surface area contributed by atoms with Crippen LogP contribution in [0.4, 0.5) is 0 Å². The Hall–Kier alpha value is -1.10. The number of hydrogen-bond acceptors (Lipinski definition) is 2. The SMILES string of the molecule is Cc1ccnc2c1nc(CCl)n2-c1ccc(Br)c(Cl)c1. The molecule has 0 N–H and O–H groups in total. The Morgan fingerprint density at radius 3 is 2.80 bits per heavy atom.